The van der Waals surface area contributed by atoms with Crippen LogP contribution in [-0.4, -0.2) is 19.5 Å². The molecule has 2 aromatic heterocycles. The fraction of sp³-hybridized carbons (Fsp3) is 0.0156. The summed E-state index contributed by atoms with van der Waals surface area (Å²) in [6, 6.07) is 86.2. The third kappa shape index (κ3) is 5.87. The number of fused-ring (bicyclic) bond motifs is 12. The van der Waals surface area contributed by atoms with E-state index in [0.717, 1.165) is 83.9 Å². The summed E-state index contributed by atoms with van der Waals surface area (Å²) in [6.07, 6.45) is 0. The molecule has 0 bridgehead atoms. The molecule has 0 fully saturated rings. The Morgan fingerprint density at radius 2 is 0.870 bits per heavy atom. The quantitative estimate of drug-likeness (QED) is 0.167. The molecule has 5 nitrogen and oxygen atoms in total. The van der Waals surface area contributed by atoms with Crippen LogP contribution in [0.3, 0.4) is 0 Å². The maximum Gasteiger partial charge on any atom is 0.164 e. The number of rotatable bonds is 6. The summed E-state index contributed by atoms with van der Waals surface area (Å²) >= 11 is 0. The molecule has 69 heavy (non-hydrogen) atoms. The Bertz CT molecular complexity index is 3870. The lowest BCUT2D eigenvalue weighted by atomic mass is 9.66. The van der Waals surface area contributed by atoms with Crippen molar-refractivity contribution >= 4 is 21.8 Å². The molecule has 0 saturated carbocycles. The lowest BCUT2D eigenvalue weighted by molar-refractivity contribution is 0.436. The first-order chi connectivity index (χ1) is 34.2. The van der Waals surface area contributed by atoms with Crippen molar-refractivity contribution in [2.24, 2.45) is 0 Å². The Morgan fingerprint density at radius 1 is 0.348 bits per heavy atom. The highest BCUT2D eigenvalue weighted by Crippen LogP contribution is 2.63. The number of hydrogen-bond donors (Lipinski definition) is 0. The van der Waals surface area contributed by atoms with E-state index < -0.39 is 5.41 Å². The largest absolute Gasteiger partial charge is 0.457 e. The molecule has 0 saturated heterocycles. The molecule has 10 aromatic carbocycles. The Morgan fingerprint density at radius 3 is 1.54 bits per heavy atom. The van der Waals surface area contributed by atoms with Gasteiger partial charge in [-0.15, -0.1) is 0 Å². The van der Waals surface area contributed by atoms with Crippen molar-refractivity contribution in [1.82, 2.24) is 19.5 Å². The van der Waals surface area contributed by atoms with Gasteiger partial charge in [0.15, 0.2) is 17.5 Å². The average molecular weight is 881 g/mol. The SMILES string of the molecule is c1ccc(-c2nc(-c3ccccc3)nc(-c3cccc4c3-c3cc(-c5cccc6c7c(-c8ccccc8)cccc7n(-c7ccccc7)c56)ccc3C43c4ccccc4Oc4ccccc43)n2)cc1. The number of para-hydroxylation sites is 4. The van der Waals surface area contributed by atoms with Crippen molar-refractivity contribution in [3.8, 4) is 84.7 Å². The van der Waals surface area contributed by atoms with E-state index in [0.29, 0.717) is 17.5 Å². The standard InChI is InChI=1S/C64H40N4O/c1-5-20-41(21-6-1)46-28-19-35-55-59(46)48-30-17-29-47(60(48)68(55)45-26-11-4-12-27-45)44-38-39-51-50(40-44)58-49(63-66-61(42-22-7-2-8-23-42)65-62(67-63)43-24-9-3-10-25-43)31-18-34-54(58)64(51)52-32-13-15-36-56(52)69-57-37-16-14-33-53(57)64/h1-40H. The molecule has 14 rings (SSSR count). The second kappa shape index (κ2) is 15.4. The summed E-state index contributed by atoms with van der Waals surface area (Å²) in [7, 11) is 0. The highest BCUT2D eigenvalue weighted by atomic mass is 16.5. The average Bonchev–Trinajstić information content (AvgIpc) is 3.93. The molecule has 5 heteroatoms. The van der Waals surface area contributed by atoms with E-state index in [4.69, 9.17) is 19.7 Å². The van der Waals surface area contributed by atoms with Crippen molar-refractivity contribution < 1.29 is 4.74 Å². The van der Waals surface area contributed by atoms with E-state index in [1.165, 1.54) is 27.5 Å². The van der Waals surface area contributed by atoms with E-state index in [9.17, 15) is 0 Å². The van der Waals surface area contributed by atoms with Crippen molar-refractivity contribution in [3.63, 3.8) is 0 Å². The Balaban J connectivity index is 1.09. The van der Waals surface area contributed by atoms with Gasteiger partial charge in [0.25, 0.3) is 0 Å². The smallest absolute Gasteiger partial charge is 0.164 e. The zero-order valence-electron chi connectivity index (χ0n) is 37.3. The lowest BCUT2D eigenvalue weighted by Crippen LogP contribution is -2.32. The Labute approximate surface area is 399 Å². The van der Waals surface area contributed by atoms with Gasteiger partial charge in [-0.05, 0) is 75.3 Å². The van der Waals surface area contributed by atoms with Gasteiger partial charge in [-0.2, -0.15) is 0 Å². The van der Waals surface area contributed by atoms with Gasteiger partial charge in [0, 0.05) is 49.8 Å². The molecular formula is C64H40N4O. The second-order valence-corrected chi connectivity index (χ2v) is 17.8. The maximum atomic E-state index is 6.77. The summed E-state index contributed by atoms with van der Waals surface area (Å²) in [4.78, 5) is 15.8. The summed E-state index contributed by atoms with van der Waals surface area (Å²) in [5, 5.41) is 2.43. The third-order valence-corrected chi connectivity index (χ3v) is 14.1. The van der Waals surface area contributed by atoms with Crippen LogP contribution in [0.4, 0.5) is 0 Å². The first-order valence-electron chi connectivity index (χ1n) is 23.4. The van der Waals surface area contributed by atoms with Crippen LogP contribution in [0.15, 0.2) is 243 Å². The molecule has 1 aliphatic carbocycles. The normalized spacial score (nSPS) is 12.9. The summed E-state index contributed by atoms with van der Waals surface area (Å²) in [5.41, 5.74) is 16.9. The van der Waals surface area contributed by atoms with Crippen LogP contribution in [0.1, 0.15) is 22.3 Å². The van der Waals surface area contributed by atoms with Crippen LogP contribution in [0.25, 0.3) is 95.0 Å². The Hall–Kier alpha value is -9.19. The van der Waals surface area contributed by atoms with Gasteiger partial charge in [0.1, 0.15) is 11.5 Å². The van der Waals surface area contributed by atoms with E-state index in [2.05, 4.69) is 211 Å². The predicted octanol–water partition coefficient (Wildman–Crippen LogP) is 15.8. The zero-order chi connectivity index (χ0) is 45.5. The highest BCUT2D eigenvalue weighted by Gasteiger charge is 2.52. The van der Waals surface area contributed by atoms with E-state index in [-0.39, 0.29) is 0 Å². The van der Waals surface area contributed by atoms with Gasteiger partial charge in [-0.1, -0.05) is 206 Å². The molecule has 322 valence electrons. The van der Waals surface area contributed by atoms with Crippen molar-refractivity contribution in [2.75, 3.05) is 0 Å². The molecule has 0 amide bonds. The van der Waals surface area contributed by atoms with Gasteiger partial charge in [0.05, 0.1) is 16.4 Å². The number of hydrogen-bond acceptors (Lipinski definition) is 4. The molecular weight excluding hydrogens is 841 g/mol. The fourth-order valence-corrected chi connectivity index (χ4v) is 11.3. The minimum atomic E-state index is -0.711. The molecule has 12 aromatic rings. The molecule has 0 atom stereocenters. The van der Waals surface area contributed by atoms with Crippen LogP contribution in [0.5, 0.6) is 11.5 Å². The molecule has 0 unspecified atom stereocenters. The van der Waals surface area contributed by atoms with Gasteiger partial charge in [0.2, 0.25) is 0 Å². The van der Waals surface area contributed by atoms with Crippen LogP contribution in [0.2, 0.25) is 0 Å². The molecule has 0 N–H and O–H groups in total. The topological polar surface area (TPSA) is 52.8 Å². The van der Waals surface area contributed by atoms with Crippen LogP contribution < -0.4 is 4.74 Å². The number of ether oxygens (including phenoxy) is 1. The van der Waals surface area contributed by atoms with E-state index >= 15 is 0 Å². The van der Waals surface area contributed by atoms with Crippen molar-refractivity contribution in [2.45, 2.75) is 5.41 Å². The van der Waals surface area contributed by atoms with Crippen LogP contribution in [0, 0.1) is 0 Å². The molecule has 2 aliphatic rings. The van der Waals surface area contributed by atoms with Crippen LogP contribution >= 0.6 is 0 Å². The highest BCUT2D eigenvalue weighted by molar-refractivity contribution is 6.19. The predicted molar refractivity (Wildman–Crippen MR) is 279 cm³/mol. The third-order valence-electron chi connectivity index (χ3n) is 14.1. The van der Waals surface area contributed by atoms with Gasteiger partial charge >= 0.3 is 0 Å². The number of benzene rings is 10. The van der Waals surface area contributed by atoms with Crippen molar-refractivity contribution in [1.29, 1.82) is 0 Å². The minimum Gasteiger partial charge on any atom is -0.457 e. The summed E-state index contributed by atoms with van der Waals surface area (Å²) in [5.74, 6) is 3.54. The molecule has 3 heterocycles. The van der Waals surface area contributed by atoms with Crippen molar-refractivity contribution in [3.05, 3.63) is 265 Å². The van der Waals surface area contributed by atoms with Gasteiger partial charge in [-0.25, -0.2) is 15.0 Å². The summed E-state index contributed by atoms with van der Waals surface area (Å²) < 4.78 is 9.22. The van der Waals surface area contributed by atoms with Crippen LogP contribution in [-0.2, 0) is 5.41 Å². The number of aromatic nitrogens is 4. The zero-order valence-corrected chi connectivity index (χ0v) is 37.3. The van der Waals surface area contributed by atoms with Gasteiger partial charge < -0.3 is 9.30 Å². The fourth-order valence-electron chi connectivity index (χ4n) is 11.3. The monoisotopic (exact) mass is 880 g/mol. The van der Waals surface area contributed by atoms with Gasteiger partial charge in [-0.3, -0.25) is 0 Å². The van der Waals surface area contributed by atoms with E-state index in [1.54, 1.807) is 0 Å². The van der Waals surface area contributed by atoms with E-state index in [1.807, 2.05) is 36.4 Å². The lowest BCUT2D eigenvalue weighted by Gasteiger charge is -2.39. The maximum absolute atomic E-state index is 6.77. The summed E-state index contributed by atoms with van der Waals surface area (Å²) in [6.45, 7) is 0. The molecule has 1 spiro atoms. The molecule has 1 aliphatic heterocycles. The second-order valence-electron chi connectivity index (χ2n) is 17.8. The minimum absolute atomic E-state index is 0.612. The first-order valence-corrected chi connectivity index (χ1v) is 23.4. The number of nitrogens with zero attached hydrogens (tertiary/aromatic N) is 4. The Kier molecular flexibility index (Phi) is 8.73. The first kappa shape index (κ1) is 39.0. The molecule has 0 radical (unpaired) electrons.